The fourth-order valence-electron chi connectivity index (χ4n) is 4.92. The number of nitrogens with one attached hydrogen (secondary N) is 1. The fourth-order valence-corrected chi connectivity index (χ4v) is 4.92. The highest BCUT2D eigenvalue weighted by molar-refractivity contribution is 5.90. The Balaban J connectivity index is 1.56. The van der Waals surface area contributed by atoms with Gasteiger partial charge in [0, 0.05) is 12.8 Å². The van der Waals surface area contributed by atoms with Gasteiger partial charge in [-0.15, -0.1) is 0 Å². The summed E-state index contributed by atoms with van der Waals surface area (Å²) in [6.45, 7) is 4.97. The minimum Gasteiger partial charge on any atom is -0.444 e. The number of fused-ring (bicyclic) bond motifs is 3. The van der Waals surface area contributed by atoms with Crippen LogP contribution in [0.4, 0.5) is 31.1 Å². The summed E-state index contributed by atoms with van der Waals surface area (Å²) < 4.78 is 84.8. The standard InChI is InChI=1S/C29H29F6NO3/c1-27(2,3)39-26(38)36-24(14-18-12-17-13-23(17)22-7-5-4-6-21(18)22)25(37)9-8-16-10-19(28(30,31)32)15-20(11-16)29(33,34)35/h4-7,10-12,15,17,23-24H,8-9,13-14H2,1-3H3,(H,36,38)/t17?,23-,24?/m1/s1. The van der Waals surface area contributed by atoms with Crippen LogP contribution in [0.2, 0.25) is 0 Å². The number of alkyl carbamates (subject to hydrolysis) is 1. The maximum atomic E-state index is 13.3. The first kappa shape index (κ1) is 28.7. The molecule has 0 saturated heterocycles. The van der Waals surface area contributed by atoms with Crippen LogP contribution in [0.15, 0.2) is 48.5 Å². The Morgan fingerprint density at radius 1 is 0.974 bits per heavy atom. The number of benzene rings is 2. The molecule has 10 heteroatoms. The second-order valence-electron chi connectivity index (χ2n) is 11.1. The van der Waals surface area contributed by atoms with Gasteiger partial charge in [-0.2, -0.15) is 26.3 Å². The Morgan fingerprint density at radius 3 is 2.18 bits per heavy atom. The number of aryl methyl sites for hydroxylation is 1. The second-order valence-corrected chi connectivity index (χ2v) is 11.1. The first-order valence-corrected chi connectivity index (χ1v) is 12.6. The van der Waals surface area contributed by atoms with Gasteiger partial charge in [-0.05, 0) is 85.9 Å². The molecule has 2 aliphatic rings. The zero-order chi connectivity index (χ0) is 28.8. The van der Waals surface area contributed by atoms with E-state index in [1.807, 2.05) is 24.3 Å². The van der Waals surface area contributed by atoms with Crippen molar-refractivity contribution in [3.05, 3.63) is 76.4 Å². The van der Waals surface area contributed by atoms with E-state index in [1.54, 1.807) is 20.8 Å². The molecule has 0 bridgehead atoms. The first-order valence-electron chi connectivity index (χ1n) is 12.6. The quantitative estimate of drug-likeness (QED) is 0.358. The molecule has 2 unspecified atom stereocenters. The second kappa shape index (κ2) is 10.4. The van der Waals surface area contributed by atoms with Crippen molar-refractivity contribution in [3.63, 3.8) is 0 Å². The summed E-state index contributed by atoms with van der Waals surface area (Å²) >= 11 is 0. The summed E-state index contributed by atoms with van der Waals surface area (Å²) in [5, 5.41) is 2.58. The van der Waals surface area contributed by atoms with Gasteiger partial charge >= 0.3 is 18.4 Å². The number of amides is 1. The number of Topliss-reactive ketones (excluding diaryl/α,β-unsaturated/α-hetero) is 1. The molecule has 2 aromatic rings. The summed E-state index contributed by atoms with van der Waals surface area (Å²) in [7, 11) is 0. The molecule has 2 aliphatic carbocycles. The Morgan fingerprint density at radius 2 is 1.59 bits per heavy atom. The van der Waals surface area contributed by atoms with Crippen LogP contribution in [-0.4, -0.2) is 23.5 Å². The number of hydrogen-bond donors (Lipinski definition) is 1. The van der Waals surface area contributed by atoms with Crippen molar-refractivity contribution in [1.29, 1.82) is 0 Å². The molecule has 0 aromatic heterocycles. The average molecular weight is 554 g/mol. The molecule has 4 nitrogen and oxygen atoms in total. The predicted molar refractivity (Wildman–Crippen MR) is 133 cm³/mol. The molecule has 1 amide bonds. The van der Waals surface area contributed by atoms with Gasteiger partial charge in [0.15, 0.2) is 5.78 Å². The normalized spacial score (nSPS) is 19.4. The molecule has 3 atom stereocenters. The number of ether oxygens (including phenoxy) is 1. The molecule has 1 N–H and O–H groups in total. The van der Waals surface area contributed by atoms with Crippen LogP contribution in [0.3, 0.4) is 0 Å². The van der Waals surface area contributed by atoms with E-state index in [0.29, 0.717) is 24.0 Å². The molecule has 39 heavy (non-hydrogen) atoms. The van der Waals surface area contributed by atoms with Gasteiger partial charge in [-0.1, -0.05) is 30.3 Å². The molecule has 1 saturated carbocycles. The highest BCUT2D eigenvalue weighted by Crippen LogP contribution is 2.55. The first-order chi connectivity index (χ1) is 18.0. The summed E-state index contributed by atoms with van der Waals surface area (Å²) in [5.41, 5.74) is -1.01. The summed E-state index contributed by atoms with van der Waals surface area (Å²) in [6.07, 6.45) is -8.37. The van der Waals surface area contributed by atoms with Crippen molar-refractivity contribution in [3.8, 4) is 0 Å². The number of halogens is 6. The molecular formula is C29H29F6NO3. The molecule has 4 rings (SSSR count). The lowest BCUT2D eigenvalue weighted by Gasteiger charge is -2.25. The summed E-state index contributed by atoms with van der Waals surface area (Å²) in [4.78, 5) is 25.9. The topological polar surface area (TPSA) is 55.4 Å². The summed E-state index contributed by atoms with van der Waals surface area (Å²) in [6, 6.07) is 7.97. The number of carbonyl (C=O) groups excluding carboxylic acids is 2. The van der Waals surface area contributed by atoms with Crippen LogP contribution >= 0.6 is 0 Å². The van der Waals surface area contributed by atoms with Crippen LogP contribution in [0.1, 0.15) is 73.8 Å². The molecule has 0 spiro atoms. The van der Waals surface area contributed by atoms with Gasteiger partial charge < -0.3 is 10.1 Å². The van der Waals surface area contributed by atoms with E-state index >= 15 is 0 Å². The number of rotatable bonds is 7. The minimum atomic E-state index is -4.98. The van der Waals surface area contributed by atoms with E-state index in [0.717, 1.165) is 23.1 Å². The summed E-state index contributed by atoms with van der Waals surface area (Å²) in [5.74, 6) is 0.225. The lowest BCUT2D eigenvalue weighted by molar-refractivity contribution is -0.143. The number of ketones is 1. The lowest BCUT2D eigenvalue weighted by Crippen LogP contribution is -2.43. The van der Waals surface area contributed by atoms with Crippen molar-refractivity contribution in [1.82, 2.24) is 5.32 Å². The highest BCUT2D eigenvalue weighted by Gasteiger charge is 2.42. The average Bonchev–Trinajstić information content (AvgIpc) is 3.59. The number of alkyl halides is 6. The smallest absolute Gasteiger partial charge is 0.416 e. The Hall–Kier alpha value is -3.30. The van der Waals surface area contributed by atoms with E-state index in [9.17, 15) is 35.9 Å². The third kappa shape index (κ3) is 7.22. The van der Waals surface area contributed by atoms with Crippen molar-refractivity contribution in [2.45, 2.75) is 76.4 Å². The van der Waals surface area contributed by atoms with E-state index < -0.39 is 47.0 Å². The number of carbonyl (C=O) groups is 2. The molecule has 2 aromatic carbocycles. The Bertz CT molecular complexity index is 1260. The van der Waals surface area contributed by atoms with E-state index in [-0.39, 0.29) is 30.9 Å². The number of hydrogen-bond acceptors (Lipinski definition) is 3. The maximum absolute atomic E-state index is 13.3. The van der Waals surface area contributed by atoms with Gasteiger partial charge in [0.2, 0.25) is 0 Å². The molecule has 0 aliphatic heterocycles. The van der Waals surface area contributed by atoms with Gasteiger partial charge in [0.1, 0.15) is 5.60 Å². The minimum absolute atomic E-state index is 0.0519. The van der Waals surface area contributed by atoms with Gasteiger partial charge in [-0.3, -0.25) is 4.79 Å². The molecule has 0 radical (unpaired) electrons. The van der Waals surface area contributed by atoms with Crippen LogP contribution in [0.5, 0.6) is 0 Å². The van der Waals surface area contributed by atoms with Crippen LogP contribution in [0.25, 0.3) is 5.57 Å². The van der Waals surface area contributed by atoms with Gasteiger partial charge in [-0.25, -0.2) is 4.79 Å². The van der Waals surface area contributed by atoms with E-state index in [1.165, 1.54) is 0 Å². The Kier molecular flexibility index (Phi) is 7.62. The monoisotopic (exact) mass is 553 g/mol. The number of allylic oxidation sites excluding steroid dienone is 1. The zero-order valence-corrected chi connectivity index (χ0v) is 21.7. The van der Waals surface area contributed by atoms with Crippen molar-refractivity contribution in [2.24, 2.45) is 5.92 Å². The van der Waals surface area contributed by atoms with Gasteiger partial charge in [0.25, 0.3) is 0 Å². The van der Waals surface area contributed by atoms with Crippen LogP contribution < -0.4 is 5.32 Å². The van der Waals surface area contributed by atoms with E-state index in [4.69, 9.17) is 4.74 Å². The highest BCUT2D eigenvalue weighted by atomic mass is 19.4. The van der Waals surface area contributed by atoms with Crippen LogP contribution in [-0.2, 0) is 28.3 Å². The van der Waals surface area contributed by atoms with Crippen molar-refractivity contribution in [2.75, 3.05) is 0 Å². The largest absolute Gasteiger partial charge is 0.444 e. The van der Waals surface area contributed by atoms with E-state index in [2.05, 4.69) is 11.4 Å². The SMILES string of the molecule is CC(C)(C)OC(=O)NC(CC1=CC2C[C@H]2c2ccccc21)C(=O)CCc1cc(C(F)(F)F)cc(C(F)(F)F)c1. The molecular weight excluding hydrogens is 524 g/mol. The third-order valence-corrected chi connectivity index (χ3v) is 6.77. The lowest BCUT2D eigenvalue weighted by atomic mass is 9.86. The predicted octanol–water partition coefficient (Wildman–Crippen LogP) is 7.71. The van der Waals surface area contributed by atoms with Crippen LogP contribution in [0, 0.1) is 5.92 Å². The molecule has 210 valence electrons. The van der Waals surface area contributed by atoms with Crippen molar-refractivity contribution < 1.29 is 40.7 Å². The maximum Gasteiger partial charge on any atom is 0.416 e. The van der Waals surface area contributed by atoms with Gasteiger partial charge in [0.05, 0.1) is 17.2 Å². The third-order valence-electron chi connectivity index (χ3n) is 6.77. The molecule has 1 fully saturated rings. The van der Waals surface area contributed by atoms with Crippen molar-refractivity contribution >= 4 is 17.4 Å². The fraction of sp³-hybridized carbons (Fsp3) is 0.448. The Labute approximate surface area is 222 Å². The zero-order valence-electron chi connectivity index (χ0n) is 21.7. The molecule has 0 heterocycles.